The van der Waals surface area contributed by atoms with Crippen LogP contribution in [0, 0.1) is 0 Å². The first kappa shape index (κ1) is 11.8. The molecular weight excluding hydrogens is 238 g/mol. The van der Waals surface area contributed by atoms with Gasteiger partial charge in [0.05, 0.1) is 17.3 Å². The Morgan fingerprint density at radius 3 is 3.12 bits per heavy atom. The molecular formula is C11H13N3O2S. The lowest BCUT2D eigenvalue weighted by Gasteiger charge is -1.97. The molecule has 0 aliphatic rings. The van der Waals surface area contributed by atoms with Gasteiger partial charge in [0.1, 0.15) is 5.75 Å². The van der Waals surface area contributed by atoms with Crippen LogP contribution in [0.15, 0.2) is 18.2 Å². The van der Waals surface area contributed by atoms with Crippen molar-refractivity contribution in [3.8, 4) is 5.75 Å². The minimum absolute atomic E-state index is 0.112. The predicted octanol–water partition coefficient (Wildman–Crippen LogP) is 1.59. The van der Waals surface area contributed by atoms with Gasteiger partial charge in [0.25, 0.3) is 0 Å². The standard InChI is InChI=1S/C11H13N3O2S/c1-16-7-2-3-8-9(6-7)17-11(13-8)14-10(15)4-5-12/h2-3,6H,4-5,12H2,1H3,(H,13,14,15). The second-order valence-electron chi connectivity index (χ2n) is 3.44. The van der Waals surface area contributed by atoms with Gasteiger partial charge in [0.2, 0.25) is 5.91 Å². The fourth-order valence-electron chi connectivity index (χ4n) is 1.40. The Balaban J connectivity index is 2.22. The Bertz CT molecular complexity index is 538. The third-order valence-electron chi connectivity index (χ3n) is 2.21. The SMILES string of the molecule is COc1ccc2nc(NC(=O)CCN)sc2c1. The smallest absolute Gasteiger partial charge is 0.227 e. The molecule has 0 saturated heterocycles. The van der Waals surface area contributed by atoms with Crippen LogP contribution in [-0.4, -0.2) is 24.5 Å². The molecule has 90 valence electrons. The Kier molecular flexibility index (Phi) is 3.55. The number of anilines is 1. The molecule has 0 fully saturated rings. The number of carbonyl (C=O) groups excluding carboxylic acids is 1. The van der Waals surface area contributed by atoms with Crippen molar-refractivity contribution in [3.63, 3.8) is 0 Å². The van der Waals surface area contributed by atoms with Gasteiger partial charge in [-0.05, 0) is 18.2 Å². The summed E-state index contributed by atoms with van der Waals surface area (Å²) in [7, 11) is 1.62. The van der Waals surface area contributed by atoms with E-state index in [9.17, 15) is 4.79 Å². The average Bonchev–Trinajstić information content (AvgIpc) is 2.69. The van der Waals surface area contributed by atoms with Crippen LogP contribution in [0.3, 0.4) is 0 Å². The third-order valence-corrected chi connectivity index (χ3v) is 3.15. The fraction of sp³-hybridized carbons (Fsp3) is 0.273. The van der Waals surface area contributed by atoms with Crippen molar-refractivity contribution in [2.45, 2.75) is 6.42 Å². The van der Waals surface area contributed by atoms with Crippen molar-refractivity contribution in [3.05, 3.63) is 18.2 Å². The van der Waals surface area contributed by atoms with E-state index in [-0.39, 0.29) is 5.91 Å². The molecule has 0 unspecified atom stereocenters. The van der Waals surface area contributed by atoms with Crippen molar-refractivity contribution in [1.82, 2.24) is 4.98 Å². The zero-order chi connectivity index (χ0) is 12.3. The maximum atomic E-state index is 11.4. The number of hydrogen-bond acceptors (Lipinski definition) is 5. The summed E-state index contributed by atoms with van der Waals surface area (Å²) in [5.41, 5.74) is 6.15. The number of benzene rings is 1. The number of nitrogens with zero attached hydrogens (tertiary/aromatic N) is 1. The molecule has 17 heavy (non-hydrogen) atoms. The third kappa shape index (κ3) is 2.72. The number of amides is 1. The zero-order valence-electron chi connectivity index (χ0n) is 9.40. The first-order chi connectivity index (χ1) is 8.22. The summed E-state index contributed by atoms with van der Waals surface area (Å²) >= 11 is 1.42. The monoisotopic (exact) mass is 251 g/mol. The highest BCUT2D eigenvalue weighted by Crippen LogP contribution is 2.29. The van der Waals surface area contributed by atoms with Gasteiger partial charge in [-0.2, -0.15) is 0 Å². The molecule has 0 spiro atoms. The molecule has 2 rings (SSSR count). The van der Waals surface area contributed by atoms with Gasteiger partial charge in [0.15, 0.2) is 5.13 Å². The van der Waals surface area contributed by atoms with Gasteiger partial charge < -0.3 is 15.8 Å². The topological polar surface area (TPSA) is 77.2 Å². The molecule has 1 amide bonds. The van der Waals surface area contributed by atoms with E-state index in [4.69, 9.17) is 10.5 Å². The van der Waals surface area contributed by atoms with Crippen molar-refractivity contribution < 1.29 is 9.53 Å². The van der Waals surface area contributed by atoms with Crippen LogP contribution in [0.1, 0.15) is 6.42 Å². The first-order valence-electron chi connectivity index (χ1n) is 5.17. The number of thiazole rings is 1. The number of rotatable bonds is 4. The lowest BCUT2D eigenvalue weighted by atomic mass is 10.3. The number of nitrogens with one attached hydrogen (secondary N) is 1. The Labute approximate surface area is 103 Å². The number of hydrogen-bond donors (Lipinski definition) is 2. The molecule has 0 aliphatic carbocycles. The van der Waals surface area contributed by atoms with Crippen LogP contribution in [-0.2, 0) is 4.79 Å². The maximum Gasteiger partial charge on any atom is 0.227 e. The number of aromatic nitrogens is 1. The zero-order valence-corrected chi connectivity index (χ0v) is 10.2. The summed E-state index contributed by atoms with van der Waals surface area (Å²) in [6.07, 6.45) is 0.305. The number of nitrogens with two attached hydrogens (primary N) is 1. The Hall–Kier alpha value is -1.66. The fourth-order valence-corrected chi connectivity index (χ4v) is 2.31. The van der Waals surface area contributed by atoms with Gasteiger partial charge >= 0.3 is 0 Å². The van der Waals surface area contributed by atoms with Gasteiger partial charge in [-0.15, -0.1) is 0 Å². The molecule has 5 nitrogen and oxygen atoms in total. The van der Waals surface area contributed by atoms with E-state index >= 15 is 0 Å². The van der Waals surface area contributed by atoms with Crippen molar-refractivity contribution in [1.29, 1.82) is 0 Å². The van der Waals surface area contributed by atoms with E-state index in [0.29, 0.717) is 18.1 Å². The van der Waals surface area contributed by atoms with E-state index in [1.54, 1.807) is 7.11 Å². The Morgan fingerprint density at radius 2 is 2.41 bits per heavy atom. The maximum absolute atomic E-state index is 11.4. The normalized spacial score (nSPS) is 10.5. The quantitative estimate of drug-likeness (QED) is 0.865. The number of carbonyl (C=O) groups is 1. The van der Waals surface area contributed by atoms with Crippen LogP contribution < -0.4 is 15.8 Å². The highest BCUT2D eigenvalue weighted by atomic mass is 32.1. The van der Waals surface area contributed by atoms with Crippen molar-refractivity contribution in [2.75, 3.05) is 19.0 Å². The van der Waals surface area contributed by atoms with Gasteiger partial charge in [-0.1, -0.05) is 11.3 Å². The molecule has 1 aromatic heterocycles. The van der Waals surface area contributed by atoms with Gasteiger partial charge in [-0.25, -0.2) is 4.98 Å². The summed E-state index contributed by atoms with van der Waals surface area (Å²) < 4.78 is 6.11. The molecule has 2 aromatic rings. The van der Waals surface area contributed by atoms with E-state index < -0.39 is 0 Å². The summed E-state index contributed by atoms with van der Waals surface area (Å²) in [5.74, 6) is 0.666. The second kappa shape index (κ2) is 5.11. The van der Waals surface area contributed by atoms with Gasteiger partial charge in [0, 0.05) is 13.0 Å². The number of methoxy groups -OCH3 is 1. The Morgan fingerprint density at radius 1 is 1.59 bits per heavy atom. The van der Waals surface area contributed by atoms with E-state index in [2.05, 4.69) is 10.3 Å². The van der Waals surface area contributed by atoms with E-state index in [0.717, 1.165) is 16.0 Å². The summed E-state index contributed by atoms with van der Waals surface area (Å²) in [6, 6.07) is 5.60. The first-order valence-corrected chi connectivity index (χ1v) is 5.99. The highest BCUT2D eigenvalue weighted by molar-refractivity contribution is 7.22. The minimum Gasteiger partial charge on any atom is -0.497 e. The molecule has 0 bridgehead atoms. The van der Waals surface area contributed by atoms with Gasteiger partial charge in [-0.3, -0.25) is 4.79 Å². The minimum atomic E-state index is -0.112. The summed E-state index contributed by atoms with van der Waals surface area (Å²) in [4.78, 5) is 15.7. The molecule has 0 saturated carbocycles. The number of ether oxygens (including phenoxy) is 1. The molecule has 1 heterocycles. The summed E-state index contributed by atoms with van der Waals surface area (Å²) in [5, 5.41) is 3.31. The lowest BCUT2D eigenvalue weighted by Crippen LogP contribution is -2.15. The van der Waals surface area contributed by atoms with E-state index in [1.165, 1.54) is 11.3 Å². The molecule has 3 N–H and O–H groups in total. The van der Waals surface area contributed by atoms with Crippen LogP contribution in [0.25, 0.3) is 10.2 Å². The average molecular weight is 251 g/mol. The molecule has 0 radical (unpaired) electrons. The van der Waals surface area contributed by atoms with Crippen LogP contribution in [0.4, 0.5) is 5.13 Å². The van der Waals surface area contributed by atoms with Crippen LogP contribution >= 0.6 is 11.3 Å². The van der Waals surface area contributed by atoms with Crippen LogP contribution in [0.2, 0.25) is 0 Å². The lowest BCUT2D eigenvalue weighted by molar-refractivity contribution is -0.116. The molecule has 0 atom stereocenters. The molecule has 0 aliphatic heterocycles. The van der Waals surface area contributed by atoms with E-state index in [1.807, 2.05) is 18.2 Å². The number of fused-ring (bicyclic) bond motifs is 1. The van der Waals surface area contributed by atoms with Crippen molar-refractivity contribution >= 4 is 32.6 Å². The molecule has 6 heteroatoms. The predicted molar refractivity (Wildman–Crippen MR) is 68.5 cm³/mol. The summed E-state index contributed by atoms with van der Waals surface area (Å²) in [6.45, 7) is 0.338. The second-order valence-corrected chi connectivity index (χ2v) is 4.47. The van der Waals surface area contributed by atoms with Crippen LogP contribution in [0.5, 0.6) is 5.75 Å². The highest BCUT2D eigenvalue weighted by Gasteiger charge is 2.07. The molecule has 1 aromatic carbocycles. The van der Waals surface area contributed by atoms with Crippen molar-refractivity contribution in [2.24, 2.45) is 5.73 Å². The largest absolute Gasteiger partial charge is 0.497 e.